The zero-order valence-electron chi connectivity index (χ0n) is 11.3. The third-order valence-electron chi connectivity index (χ3n) is 3.50. The molecule has 0 fully saturated rings. The first-order valence-electron chi connectivity index (χ1n) is 6.57. The SMILES string of the molecule is Cn1c(CO)cnc1-c1ccc(-c2ccccc2)cc1. The molecule has 2 aromatic carbocycles. The summed E-state index contributed by atoms with van der Waals surface area (Å²) < 4.78 is 1.91. The molecule has 3 heteroatoms. The monoisotopic (exact) mass is 264 g/mol. The van der Waals surface area contributed by atoms with Gasteiger partial charge in [-0.05, 0) is 11.1 Å². The highest BCUT2D eigenvalue weighted by molar-refractivity contribution is 5.67. The first kappa shape index (κ1) is 12.6. The Balaban J connectivity index is 1.95. The molecule has 100 valence electrons. The van der Waals surface area contributed by atoms with Gasteiger partial charge < -0.3 is 9.67 Å². The minimum atomic E-state index is 0.00555. The van der Waals surface area contributed by atoms with Gasteiger partial charge in [0.05, 0.1) is 18.5 Å². The third kappa shape index (κ3) is 2.24. The normalized spacial score (nSPS) is 10.7. The lowest BCUT2D eigenvalue weighted by atomic mass is 10.0. The van der Waals surface area contributed by atoms with Crippen molar-refractivity contribution in [3.05, 3.63) is 66.5 Å². The van der Waals surface area contributed by atoms with Crippen LogP contribution in [0, 0.1) is 0 Å². The van der Waals surface area contributed by atoms with E-state index in [1.807, 2.05) is 29.8 Å². The molecule has 3 aromatic rings. The van der Waals surface area contributed by atoms with Crippen LogP contribution in [0.5, 0.6) is 0 Å². The molecule has 0 aliphatic carbocycles. The van der Waals surface area contributed by atoms with Gasteiger partial charge in [0.25, 0.3) is 0 Å². The van der Waals surface area contributed by atoms with Crippen molar-refractivity contribution < 1.29 is 5.11 Å². The van der Waals surface area contributed by atoms with Gasteiger partial charge in [-0.3, -0.25) is 0 Å². The highest BCUT2D eigenvalue weighted by Crippen LogP contribution is 2.24. The van der Waals surface area contributed by atoms with Gasteiger partial charge in [0.15, 0.2) is 0 Å². The van der Waals surface area contributed by atoms with E-state index in [4.69, 9.17) is 0 Å². The van der Waals surface area contributed by atoms with Gasteiger partial charge in [-0.15, -0.1) is 0 Å². The molecule has 0 radical (unpaired) electrons. The van der Waals surface area contributed by atoms with Crippen molar-refractivity contribution in [2.24, 2.45) is 7.05 Å². The van der Waals surface area contributed by atoms with E-state index in [1.165, 1.54) is 11.1 Å². The predicted octanol–water partition coefficient (Wildman–Crippen LogP) is 3.25. The van der Waals surface area contributed by atoms with Crippen LogP contribution in [0.15, 0.2) is 60.8 Å². The van der Waals surface area contributed by atoms with E-state index < -0.39 is 0 Å². The van der Waals surface area contributed by atoms with Crippen LogP contribution in [-0.4, -0.2) is 14.7 Å². The van der Waals surface area contributed by atoms with E-state index in [2.05, 4.69) is 41.4 Å². The number of rotatable bonds is 3. The van der Waals surface area contributed by atoms with Gasteiger partial charge >= 0.3 is 0 Å². The van der Waals surface area contributed by atoms with E-state index >= 15 is 0 Å². The van der Waals surface area contributed by atoms with Crippen molar-refractivity contribution in [3.8, 4) is 22.5 Å². The molecule has 3 nitrogen and oxygen atoms in total. The fourth-order valence-electron chi connectivity index (χ4n) is 2.30. The zero-order chi connectivity index (χ0) is 13.9. The van der Waals surface area contributed by atoms with Crippen molar-refractivity contribution in [1.82, 2.24) is 9.55 Å². The maximum Gasteiger partial charge on any atom is 0.139 e. The van der Waals surface area contributed by atoms with Gasteiger partial charge in [0, 0.05) is 12.6 Å². The molecule has 0 saturated heterocycles. The van der Waals surface area contributed by atoms with E-state index in [1.54, 1.807) is 6.20 Å². The molecule has 0 aliphatic rings. The second kappa shape index (κ2) is 5.31. The molecule has 1 N–H and O–H groups in total. The van der Waals surface area contributed by atoms with Crippen molar-refractivity contribution >= 4 is 0 Å². The standard InChI is InChI=1S/C17H16N2O/c1-19-16(12-20)11-18-17(19)15-9-7-14(8-10-15)13-5-3-2-4-6-13/h2-11,20H,12H2,1H3. The molecule has 0 spiro atoms. The highest BCUT2D eigenvalue weighted by atomic mass is 16.3. The minimum absolute atomic E-state index is 0.00555. The average molecular weight is 264 g/mol. The number of aliphatic hydroxyl groups is 1. The van der Waals surface area contributed by atoms with Crippen molar-refractivity contribution in [2.45, 2.75) is 6.61 Å². The molecule has 1 heterocycles. The lowest BCUT2D eigenvalue weighted by Crippen LogP contribution is -1.98. The maximum absolute atomic E-state index is 9.21. The number of hydrogen-bond donors (Lipinski definition) is 1. The highest BCUT2D eigenvalue weighted by Gasteiger charge is 2.08. The Hall–Kier alpha value is -2.39. The number of aromatic nitrogens is 2. The molecule has 0 atom stereocenters. The molecular weight excluding hydrogens is 248 g/mol. The van der Waals surface area contributed by atoms with Gasteiger partial charge in [0.1, 0.15) is 5.82 Å². The van der Waals surface area contributed by atoms with Crippen LogP contribution < -0.4 is 0 Å². The van der Waals surface area contributed by atoms with E-state index in [0.717, 1.165) is 17.1 Å². The fourth-order valence-corrected chi connectivity index (χ4v) is 2.30. The Kier molecular flexibility index (Phi) is 3.35. The summed E-state index contributed by atoms with van der Waals surface area (Å²) in [6.45, 7) is 0.00555. The second-order valence-electron chi connectivity index (χ2n) is 4.73. The molecule has 0 amide bonds. The van der Waals surface area contributed by atoms with Crippen LogP contribution >= 0.6 is 0 Å². The summed E-state index contributed by atoms with van der Waals surface area (Å²) in [6, 6.07) is 18.6. The molecular formula is C17H16N2O. The van der Waals surface area contributed by atoms with E-state index in [-0.39, 0.29) is 6.61 Å². The smallest absolute Gasteiger partial charge is 0.139 e. The summed E-state index contributed by atoms with van der Waals surface area (Å²) in [5.74, 6) is 0.869. The van der Waals surface area contributed by atoms with Crippen LogP contribution in [-0.2, 0) is 13.7 Å². The Morgan fingerprint density at radius 2 is 1.50 bits per heavy atom. The quantitative estimate of drug-likeness (QED) is 0.788. The second-order valence-corrected chi connectivity index (χ2v) is 4.73. The van der Waals surface area contributed by atoms with Crippen molar-refractivity contribution in [1.29, 1.82) is 0 Å². The number of imidazole rings is 1. The number of aliphatic hydroxyl groups excluding tert-OH is 1. The molecule has 20 heavy (non-hydrogen) atoms. The zero-order valence-corrected chi connectivity index (χ0v) is 11.3. The third-order valence-corrected chi connectivity index (χ3v) is 3.50. The summed E-state index contributed by atoms with van der Waals surface area (Å²) in [4.78, 5) is 4.36. The van der Waals surface area contributed by atoms with Gasteiger partial charge in [-0.2, -0.15) is 0 Å². The Morgan fingerprint density at radius 1 is 0.900 bits per heavy atom. The predicted molar refractivity (Wildman–Crippen MR) is 80.0 cm³/mol. The largest absolute Gasteiger partial charge is 0.390 e. The number of nitrogens with zero attached hydrogens (tertiary/aromatic N) is 2. The molecule has 0 aliphatic heterocycles. The Morgan fingerprint density at radius 3 is 2.10 bits per heavy atom. The molecule has 0 bridgehead atoms. The Labute approximate surface area is 118 Å². The van der Waals surface area contributed by atoms with Crippen LogP contribution in [0.1, 0.15) is 5.69 Å². The van der Waals surface area contributed by atoms with Crippen molar-refractivity contribution in [2.75, 3.05) is 0 Å². The topological polar surface area (TPSA) is 38.0 Å². The molecule has 0 saturated carbocycles. The maximum atomic E-state index is 9.21. The summed E-state index contributed by atoms with van der Waals surface area (Å²) in [5, 5.41) is 9.21. The van der Waals surface area contributed by atoms with Gasteiger partial charge in [0.2, 0.25) is 0 Å². The lowest BCUT2D eigenvalue weighted by molar-refractivity contribution is 0.273. The van der Waals surface area contributed by atoms with Gasteiger partial charge in [-0.1, -0.05) is 54.6 Å². The van der Waals surface area contributed by atoms with E-state index in [9.17, 15) is 5.11 Å². The van der Waals surface area contributed by atoms with Crippen LogP contribution in [0.2, 0.25) is 0 Å². The van der Waals surface area contributed by atoms with E-state index in [0.29, 0.717) is 0 Å². The minimum Gasteiger partial charge on any atom is -0.390 e. The Bertz CT molecular complexity index is 700. The first-order valence-corrected chi connectivity index (χ1v) is 6.57. The van der Waals surface area contributed by atoms with Crippen LogP contribution in [0.4, 0.5) is 0 Å². The first-order chi connectivity index (χ1) is 9.79. The van der Waals surface area contributed by atoms with Crippen LogP contribution in [0.3, 0.4) is 0 Å². The average Bonchev–Trinajstić information content (AvgIpc) is 2.89. The summed E-state index contributed by atoms with van der Waals surface area (Å²) in [6.07, 6.45) is 1.71. The van der Waals surface area contributed by atoms with Crippen molar-refractivity contribution in [3.63, 3.8) is 0 Å². The number of hydrogen-bond acceptors (Lipinski definition) is 2. The van der Waals surface area contributed by atoms with Crippen LogP contribution in [0.25, 0.3) is 22.5 Å². The molecule has 0 unspecified atom stereocenters. The molecule has 3 rings (SSSR count). The summed E-state index contributed by atoms with van der Waals surface area (Å²) >= 11 is 0. The summed E-state index contributed by atoms with van der Waals surface area (Å²) in [5.41, 5.74) is 4.25. The lowest BCUT2D eigenvalue weighted by Gasteiger charge is -2.06. The van der Waals surface area contributed by atoms with Gasteiger partial charge in [-0.25, -0.2) is 4.98 Å². The fraction of sp³-hybridized carbons (Fsp3) is 0.118. The number of benzene rings is 2. The summed E-state index contributed by atoms with van der Waals surface area (Å²) in [7, 11) is 1.92. The molecule has 1 aromatic heterocycles.